The Hall–Kier alpha value is 2.00. The molecule has 0 spiro atoms. The fraction of sp³-hybridized carbons (Fsp3) is 0. The Morgan fingerprint density at radius 1 is 1.25 bits per heavy atom. The molecule has 0 aliphatic rings. The second-order valence-electron chi connectivity index (χ2n) is 0. The van der Waals surface area contributed by atoms with Crippen molar-refractivity contribution >= 4 is 33.7 Å². The van der Waals surface area contributed by atoms with Gasteiger partial charge in [0.15, 0.2) is 0 Å². The van der Waals surface area contributed by atoms with Crippen LogP contribution < -0.4 is 0 Å². The molecule has 3 radical (unpaired) electrons. The topological polar surface area (TPSA) is 0 Å². The summed E-state index contributed by atoms with van der Waals surface area (Å²) in [6, 6.07) is 0. The predicted octanol–water partition coefficient (Wildman–Crippen LogP) is 0.262. The van der Waals surface area contributed by atoms with Crippen LogP contribution in [0.4, 0.5) is 0 Å². The average Bonchev–Trinajstić information content (AvgIpc) is 1.00. The van der Waals surface area contributed by atoms with Crippen LogP contribution in [0.3, 0.4) is 0 Å². The van der Waals surface area contributed by atoms with Gasteiger partial charge in [-0.05, 0) is 0 Å². The molecule has 0 aromatic carbocycles. The van der Waals surface area contributed by atoms with Crippen molar-refractivity contribution in [2.45, 2.75) is 0 Å². The van der Waals surface area contributed by atoms with Crippen LogP contribution in [-0.4, -0.2) is 23.1 Å². The second kappa shape index (κ2) is 20.0. The van der Waals surface area contributed by atoms with Gasteiger partial charge in [-0.25, -0.2) is 0 Å². The van der Waals surface area contributed by atoms with Gasteiger partial charge in [-0.2, -0.15) is 0 Å². The third-order valence-corrected chi connectivity index (χ3v) is 0. The van der Waals surface area contributed by atoms with Crippen LogP contribution in [0.2, 0.25) is 0 Å². The maximum atomic E-state index is 3.71. The zero-order valence-electron chi connectivity index (χ0n) is 1.73. The van der Waals surface area contributed by atoms with Gasteiger partial charge in [-0.3, -0.25) is 0 Å². The molecule has 0 aliphatic heterocycles. The van der Waals surface area contributed by atoms with E-state index in [0.717, 1.165) is 0 Å². The van der Waals surface area contributed by atoms with E-state index in [1.54, 1.807) is 0 Å². The summed E-state index contributed by atoms with van der Waals surface area (Å²) in [5, 5.41) is 0. The molecule has 0 bridgehead atoms. The number of hydrogen-bond donors (Lipinski definition) is 0. The molecule has 0 heterocycles. The van der Waals surface area contributed by atoms with Crippen LogP contribution in [0.15, 0.2) is 0 Å². The van der Waals surface area contributed by atoms with Crippen LogP contribution in [0, 0.1) is 0 Å². The monoisotopic (exact) mass is 177 g/mol. The molecule has 0 saturated heterocycles. The Labute approximate surface area is 64.0 Å². The first kappa shape index (κ1) is 16.7. The fourth-order valence-electron chi connectivity index (χ4n) is 0. The Kier molecular flexibility index (Phi) is 83.4. The Morgan fingerprint density at radius 2 is 1.25 bits per heavy atom. The predicted molar refractivity (Wildman–Crippen MR) is 13.3 cm³/mol. The van der Waals surface area contributed by atoms with Crippen LogP contribution >= 0.6 is 10.7 Å². The zero-order valence-corrected chi connectivity index (χ0v) is 5.89. The van der Waals surface area contributed by atoms with E-state index < -0.39 is 0 Å². The first-order valence-corrected chi connectivity index (χ1v) is 1.60. The van der Waals surface area contributed by atoms with E-state index in [-0.39, 0.29) is 40.1 Å². The van der Waals surface area contributed by atoms with Crippen molar-refractivity contribution in [1.29, 1.82) is 0 Å². The fourth-order valence-corrected chi connectivity index (χ4v) is 0. The van der Waals surface area contributed by atoms with E-state index in [9.17, 15) is 0 Å². The van der Waals surface area contributed by atoms with Crippen LogP contribution in [0.5, 0.6) is 0 Å². The Morgan fingerprint density at radius 3 is 1.25 bits per heavy atom. The molecule has 29 valence electrons. The van der Waals surface area contributed by atoms with E-state index >= 15 is 0 Å². The summed E-state index contributed by atoms with van der Waals surface area (Å²) in [4.78, 5) is 0. The first-order chi connectivity index (χ1) is 1.00. The summed E-state index contributed by atoms with van der Waals surface area (Å²) in [6.07, 6.45) is 0. The van der Waals surface area contributed by atoms with Gasteiger partial charge in [0, 0.05) is 40.1 Å². The van der Waals surface area contributed by atoms with Crippen molar-refractivity contribution in [2.75, 3.05) is 0 Å². The molecule has 0 atom stereocenters. The number of hydrogen-bond acceptors (Lipinski definition) is 1. The quantitative estimate of drug-likeness (QED) is 0.480. The zero-order chi connectivity index (χ0) is 2.00. The van der Waals surface area contributed by atoms with E-state index in [1.165, 1.54) is 0 Å². The van der Waals surface area contributed by atoms with Crippen LogP contribution in [-0.2, 0) is 30.9 Å². The van der Waals surface area contributed by atoms with Crippen molar-refractivity contribution in [3.63, 3.8) is 0 Å². The molecule has 0 saturated carbocycles. The minimum absolute atomic E-state index is 0. The summed E-state index contributed by atoms with van der Waals surface area (Å²) >= 11 is 3.46. The summed E-state index contributed by atoms with van der Waals surface area (Å²) in [5.41, 5.74) is 0. The van der Waals surface area contributed by atoms with Crippen molar-refractivity contribution in [3.8, 4) is 0 Å². The van der Waals surface area contributed by atoms with Gasteiger partial charge in [0.05, 0.1) is 0 Å². The molecule has 0 rings (SSSR count). The molecule has 0 unspecified atom stereocenters. The molecule has 0 N–H and O–H groups in total. The first-order valence-electron chi connectivity index (χ1n) is 0.129. The minimum atomic E-state index is 0. The SMILES string of the molecule is [Cu].[Mg].[S]=[Ni]. The van der Waals surface area contributed by atoms with E-state index in [2.05, 4.69) is 24.5 Å². The van der Waals surface area contributed by atoms with E-state index in [1.807, 2.05) is 0 Å². The molecule has 0 aromatic rings. The van der Waals surface area contributed by atoms with Gasteiger partial charge in [0.1, 0.15) is 0 Å². The summed E-state index contributed by atoms with van der Waals surface area (Å²) in [5.74, 6) is 0. The van der Waals surface area contributed by atoms with Gasteiger partial charge in [-0.15, -0.1) is 0 Å². The van der Waals surface area contributed by atoms with Crippen molar-refractivity contribution in [2.24, 2.45) is 0 Å². The molecule has 4 heavy (non-hydrogen) atoms. The average molecular weight is 179 g/mol. The molecule has 0 fully saturated rings. The van der Waals surface area contributed by atoms with E-state index in [0.29, 0.717) is 0 Å². The molecule has 0 nitrogen and oxygen atoms in total. The Bertz CT molecular complexity index is 8.00. The van der Waals surface area contributed by atoms with Gasteiger partial charge in [-0.1, -0.05) is 0 Å². The van der Waals surface area contributed by atoms with Gasteiger partial charge >= 0.3 is 24.5 Å². The Balaban J connectivity index is -0.00000000500. The van der Waals surface area contributed by atoms with Crippen molar-refractivity contribution < 1.29 is 30.9 Å². The third-order valence-electron chi connectivity index (χ3n) is 0. The van der Waals surface area contributed by atoms with Gasteiger partial charge in [0.25, 0.3) is 0 Å². The van der Waals surface area contributed by atoms with Crippen LogP contribution in [0.1, 0.15) is 0 Å². The van der Waals surface area contributed by atoms with Crippen LogP contribution in [0.25, 0.3) is 0 Å². The summed E-state index contributed by atoms with van der Waals surface area (Å²) in [6.45, 7) is 0. The molecular formula is CuMgNiS. The van der Waals surface area contributed by atoms with Crippen molar-refractivity contribution in [1.82, 2.24) is 0 Å². The standard InChI is InChI=1S/Cu.Mg.Ni.S. The molecule has 0 amide bonds. The molecule has 0 aliphatic carbocycles. The third kappa shape index (κ3) is 9.00. The maximum absolute atomic E-state index is 3.71. The van der Waals surface area contributed by atoms with Gasteiger partial charge < -0.3 is 0 Å². The van der Waals surface area contributed by atoms with Gasteiger partial charge in [0.2, 0.25) is 0 Å². The second-order valence-corrected chi connectivity index (χ2v) is 0. The molecular weight excluding hydrogens is 179 g/mol. The van der Waals surface area contributed by atoms with Crippen molar-refractivity contribution in [3.05, 3.63) is 0 Å². The molecule has 0 aromatic heterocycles. The summed E-state index contributed by atoms with van der Waals surface area (Å²) in [7, 11) is 3.71. The normalized spacial score (nSPS) is 1.50. The van der Waals surface area contributed by atoms with E-state index in [4.69, 9.17) is 0 Å². The summed E-state index contributed by atoms with van der Waals surface area (Å²) < 4.78 is 0. The molecule has 4 heteroatoms. The number of rotatable bonds is 0.